The van der Waals surface area contributed by atoms with Crippen LogP contribution in [0.15, 0.2) is 39.7 Å². The number of rotatable bonds is 3. The highest BCUT2D eigenvalue weighted by Crippen LogP contribution is 2.32. The molecule has 1 N–H and O–H groups in total. The van der Waals surface area contributed by atoms with E-state index in [1.54, 1.807) is 12.1 Å². The molecule has 0 saturated carbocycles. The first-order valence-corrected chi connectivity index (χ1v) is 6.39. The SMILES string of the molecule is CC(C)(C)c1ccc(O)c(N=Cc2ccc([N+](=O)[O-])o2)c1. The molecule has 0 bridgehead atoms. The summed E-state index contributed by atoms with van der Waals surface area (Å²) in [5.41, 5.74) is 1.35. The van der Waals surface area contributed by atoms with Gasteiger partial charge in [0, 0.05) is 0 Å². The number of hydrogen-bond acceptors (Lipinski definition) is 5. The first kappa shape index (κ1) is 14.8. The van der Waals surface area contributed by atoms with E-state index in [4.69, 9.17) is 4.42 Å². The largest absolute Gasteiger partial charge is 0.506 e. The third kappa shape index (κ3) is 3.47. The number of benzene rings is 1. The highest BCUT2D eigenvalue weighted by molar-refractivity contribution is 5.80. The van der Waals surface area contributed by atoms with Crippen LogP contribution in [0.3, 0.4) is 0 Å². The molecule has 21 heavy (non-hydrogen) atoms. The molecule has 0 unspecified atom stereocenters. The van der Waals surface area contributed by atoms with Gasteiger partial charge in [-0.3, -0.25) is 10.1 Å². The lowest BCUT2D eigenvalue weighted by Crippen LogP contribution is -2.10. The van der Waals surface area contributed by atoms with E-state index in [1.165, 1.54) is 18.3 Å². The Balaban J connectivity index is 2.29. The number of hydrogen-bond donors (Lipinski definition) is 1. The molecular weight excluding hydrogens is 272 g/mol. The second-order valence-electron chi connectivity index (χ2n) is 5.64. The molecule has 6 heteroatoms. The van der Waals surface area contributed by atoms with E-state index in [1.807, 2.05) is 6.07 Å². The lowest BCUT2D eigenvalue weighted by molar-refractivity contribution is -0.402. The standard InChI is InChI=1S/C15H16N2O4/c1-15(2,3)10-4-6-13(18)12(8-10)16-9-11-5-7-14(21-11)17(19)20/h4-9,18H,1-3H3. The molecule has 1 heterocycles. The summed E-state index contributed by atoms with van der Waals surface area (Å²) in [5.74, 6) is -0.0494. The van der Waals surface area contributed by atoms with E-state index in [9.17, 15) is 15.2 Å². The van der Waals surface area contributed by atoms with Gasteiger partial charge in [-0.1, -0.05) is 26.8 Å². The minimum Gasteiger partial charge on any atom is -0.506 e. The maximum absolute atomic E-state index is 10.5. The Morgan fingerprint density at radius 1 is 1.29 bits per heavy atom. The van der Waals surface area contributed by atoms with Crippen LogP contribution >= 0.6 is 0 Å². The fourth-order valence-corrected chi connectivity index (χ4v) is 1.74. The summed E-state index contributed by atoms with van der Waals surface area (Å²) in [6.07, 6.45) is 1.34. The Morgan fingerprint density at radius 2 is 2.00 bits per heavy atom. The Kier molecular flexibility index (Phi) is 3.80. The third-order valence-corrected chi connectivity index (χ3v) is 2.96. The molecule has 0 saturated heterocycles. The topological polar surface area (TPSA) is 88.9 Å². The molecule has 0 aliphatic rings. The van der Waals surface area contributed by atoms with Crippen molar-refractivity contribution in [1.82, 2.24) is 0 Å². The third-order valence-electron chi connectivity index (χ3n) is 2.96. The van der Waals surface area contributed by atoms with Crippen LogP contribution in [0.2, 0.25) is 0 Å². The Morgan fingerprint density at radius 3 is 2.57 bits per heavy atom. The summed E-state index contributed by atoms with van der Waals surface area (Å²) in [7, 11) is 0. The van der Waals surface area contributed by atoms with Crippen molar-refractivity contribution in [3.05, 3.63) is 51.8 Å². The summed E-state index contributed by atoms with van der Waals surface area (Å²) in [4.78, 5) is 14.0. The maximum Gasteiger partial charge on any atom is 0.433 e. The molecule has 2 aromatic rings. The highest BCUT2D eigenvalue weighted by atomic mass is 16.6. The van der Waals surface area contributed by atoms with E-state index < -0.39 is 4.92 Å². The fraction of sp³-hybridized carbons (Fsp3) is 0.267. The molecule has 1 aromatic carbocycles. The van der Waals surface area contributed by atoms with Crippen molar-refractivity contribution in [2.75, 3.05) is 0 Å². The average Bonchev–Trinajstić information content (AvgIpc) is 2.85. The van der Waals surface area contributed by atoms with Crippen molar-refractivity contribution in [3.8, 4) is 5.75 Å². The van der Waals surface area contributed by atoms with Crippen molar-refractivity contribution in [3.63, 3.8) is 0 Å². The number of phenols is 1. The summed E-state index contributed by atoms with van der Waals surface area (Å²) in [5, 5.41) is 20.3. The quantitative estimate of drug-likeness (QED) is 0.526. The number of nitrogens with zero attached hydrogens (tertiary/aromatic N) is 2. The summed E-state index contributed by atoms with van der Waals surface area (Å²) >= 11 is 0. The van der Waals surface area contributed by atoms with Crippen molar-refractivity contribution in [2.45, 2.75) is 26.2 Å². The Bertz CT molecular complexity index is 696. The Hall–Kier alpha value is -2.63. The van der Waals surface area contributed by atoms with Gasteiger partial charge in [0.2, 0.25) is 0 Å². The van der Waals surface area contributed by atoms with E-state index in [2.05, 4.69) is 25.8 Å². The van der Waals surface area contributed by atoms with Gasteiger partial charge in [-0.25, -0.2) is 4.99 Å². The van der Waals surface area contributed by atoms with E-state index in [-0.39, 0.29) is 22.8 Å². The molecule has 0 aliphatic carbocycles. The first-order valence-electron chi connectivity index (χ1n) is 6.39. The second-order valence-corrected chi connectivity index (χ2v) is 5.64. The normalized spacial score (nSPS) is 12.0. The molecule has 110 valence electrons. The molecule has 0 atom stereocenters. The molecule has 0 amide bonds. The predicted octanol–water partition coefficient (Wildman–Crippen LogP) is 3.94. The first-order chi connectivity index (χ1) is 9.77. The van der Waals surface area contributed by atoms with Crippen LogP contribution in [0.4, 0.5) is 11.6 Å². The number of phenolic OH excluding ortho intramolecular Hbond substituents is 1. The summed E-state index contributed by atoms with van der Waals surface area (Å²) < 4.78 is 4.97. The van der Waals surface area contributed by atoms with Crippen LogP contribution in [0, 0.1) is 10.1 Å². The molecule has 0 fully saturated rings. The lowest BCUT2D eigenvalue weighted by atomic mass is 9.87. The van der Waals surface area contributed by atoms with E-state index in [0.717, 1.165) is 5.56 Å². The fourth-order valence-electron chi connectivity index (χ4n) is 1.74. The van der Waals surface area contributed by atoms with Crippen molar-refractivity contribution in [1.29, 1.82) is 0 Å². The van der Waals surface area contributed by atoms with Gasteiger partial charge in [-0.15, -0.1) is 0 Å². The zero-order valence-electron chi connectivity index (χ0n) is 12.0. The van der Waals surface area contributed by atoms with Gasteiger partial charge in [-0.2, -0.15) is 0 Å². The number of aromatic hydroxyl groups is 1. The summed E-state index contributed by atoms with van der Waals surface area (Å²) in [6, 6.07) is 7.91. The van der Waals surface area contributed by atoms with Crippen LogP contribution in [0.25, 0.3) is 0 Å². The van der Waals surface area contributed by atoms with Gasteiger partial charge in [0.15, 0.2) is 5.76 Å². The average molecular weight is 288 g/mol. The van der Waals surface area contributed by atoms with Gasteiger partial charge in [0.05, 0.1) is 12.3 Å². The van der Waals surface area contributed by atoms with E-state index in [0.29, 0.717) is 5.69 Å². The Labute approximate surface area is 121 Å². The zero-order valence-corrected chi connectivity index (χ0v) is 12.0. The molecular formula is C15H16N2O4. The monoisotopic (exact) mass is 288 g/mol. The molecule has 0 spiro atoms. The minimum absolute atomic E-state index is 0.0419. The molecule has 6 nitrogen and oxygen atoms in total. The van der Waals surface area contributed by atoms with Crippen molar-refractivity contribution in [2.24, 2.45) is 4.99 Å². The molecule has 2 rings (SSSR count). The highest BCUT2D eigenvalue weighted by Gasteiger charge is 2.15. The minimum atomic E-state index is -0.616. The van der Waals surface area contributed by atoms with Crippen LogP contribution in [-0.2, 0) is 5.41 Å². The van der Waals surface area contributed by atoms with Gasteiger partial charge in [0.1, 0.15) is 16.4 Å². The van der Waals surface area contributed by atoms with Gasteiger partial charge >= 0.3 is 5.88 Å². The molecule has 1 aromatic heterocycles. The van der Waals surface area contributed by atoms with Crippen molar-refractivity contribution >= 4 is 17.8 Å². The van der Waals surface area contributed by atoms with Crippen LogP contribution in [0.5, 0.6) is 5.75 Å². The smallest absolute Gasteiger partial charge is 0.433 e. The van der Waals surface area contributed by atoms with E-state index >= 15 is 0 Å². The maximum atomic E-state index is 10.5. The molecule has 0 radical (unpaired) electrons. The van der Waals surface area contributed by atoms with Crippen molar-refractivity contribution < 1.29 is 14.4 Å². The number of nitro groups is 1. The predicted molar refractivity (Wildman–Crippen MR) is 79.4 cm³/mol. The van der Waals surface area contributed by atoms with Gasteiger partial charge in [-0.05, 0) is 29.2 Å². The van der Waals surface area contributed by atoms with Gasteiger partial charge in [0.25, 0.3) is 0 Å². The summed E-state index contributed by atoms with van der Waals surface area (Å²) in [6.45, 7) is 6.17. The van der Waals surface area contributed by atoms with Crippen LogP contribution in [0.1, 0.15) is 32.1 Å². The number of furan rings is 1. The molecule has 0 aliphatic heterocycles. The van der Waals surface area contributed by atoms with Gasteiger partial charge < -0.3 is 9.52 Å². The zero-order chi connectivity index (χ0) is 15.6. The lowest BCUT2D eigenvalue weighted by Gasteiger charge is -2.19. The van der Waals surface area contributed by atoms with Crippen LogP contribution < -0.4 is 0 Å². The second kappa shape index (κ2) is 5.40. The van der Waals surface area contributed by atoms with Crippen LogP contribution in [-0.4, -0.2) is 16.2 Å². The number of aliphatic imine (C=N–C) groups is 1.